The number of rotatable bonds is 8. The molecule has 4 N–H and O–H groups in total. The molecule has 0 saturated heterocycles. The highest BCUT2D eigenvalue weighted by Crippen LogP contribution is 2.37. The van der Waals surface area contributed by atoms with Crippen LogP contribution in [0.2, 0.25) is 0 Å². The third-order valence-electron chi connectivity index (χ3n) is 5.56. The Labute approximate surface area is 197 Å². The summed E-state index contributed by atoms with van der Waals surface area (Å²) in [5, 5.41) is 19.0. The Bertz CT molecular complexity index is 1210. The summed E-state index contributed by atoms with van der Waals surface area (Å²) in [6.45, 7) is 5.75. The second kappa shape index (κ2) is 9.48. The molecule has 0 saturated carbocycles. The van der Waals surface area contributed by atoms with Crippen molar-refractivity contribution in [2.24, 2.45) is 0 Å². The minimum Gasteiger partial charge on any atom is -0.451 e. The molecule has 9 heteroatoms. The minimum atomic E-state index is -0.732. The fourth-order valence-corrected chi connectivity index (χ4v) is 3.83. The number of fused-ring (bicyclic) bond motifs is 1. The normalized spacial score (nSPS) is 14.6. The number of aliphatic hydroxyl groups excluding tert-OH is 1. The molecule has 2 heterocycles. The molecule has 0 fully saturated rings. The Balaban J connectivity index is 1.66. The van der Waals surface area contributed by atoms with Crippen LogP contribution in [0.4, 0.5) is 17.5 Å². The van der Waals surface area contributed by atoms with Crippen molar-refractivity contribution < 1.29 is 19.4 Å². The Morgan fingerprint density at radius 2 is 1.94 bits per heavy atom. The molecule has 3 aromatic rings. The van der Waals surface area contributed by atoms with Crippen LogP contribution < -0.4 is 16.0 Å². The smallest absolute Gasteiger partial charge is 0.339 e. The van der Waals surface area contributed by atoms with E-state index in [9.17, 15) is 14.7 Å². The summed E-state index contributed by atoms with van der Waals surface area (Å²) in [5.41, 5.74) is 2.34. The minimum absolute atomic E-state index is 0.195. The number of carbonyl (C=O) groups excluding carboxylic acids is 2. The zero-order chi connectivity index (χ0) is 24.3. The first kappa shape index (κ1) is 23.2. The van der Waals surface area contributed by atoms with E-state index in [1.54, 1.807) is 12.1 Å². The molecule has 4 rings (SSSR count). The largest absolute Gasteiger partial charge is 0.451 e. The van der Waals surface area contributed by atoms with Crippen molar-refractivity contribution in [2.45, 2.75) is 32.4 Å². The molecule has 176 valence electrons. The second-order valence-corrected chi connectivity index (χ2v) is 8.39. The first-order valence-corrected chi connectivity index (χ1v) is 11.0. The van der Waals surface area contributed by atoms with E-state index < -0.39 is 11.6 Å². The number of esters is 1. The number of nitrogens with one attached hydrogen (secondary N) is 3. The summed E-state index contributed by atoms with van der Waals surface area (Å²) in [6.07, 6.45) is 1.44. The third kappa shape index (κ3) is 4.69. The van der Waals surface area contributed by atoms with Crippen molar-refractivity contribution in [1.29, 1.82) is 0 Å². The van der Waals surface area contributed by atoms with Crippen molar-refractivity contribution in [1.82, 2.24) is 15.3 Å². The number of hydrogen-bond acceptors (Lipinski definition) is 8. The first-order valence-electron chi connectivity index (χ1n) is 11.0. The number of hydrogen-bond donors (Lipinski definition) is 4. The number of aliphatic hydroxyl groups is 1. The van der Waals surface area contributed by atoms with Crippen molar-refractivity contribution in [3.8, 4) is 0 Å². The van der Waals surface area contributed by atoms with Gasteiger partial charge in [-0.3, -0.25) is 4.79 Å². The van der Waals surface area contributed by atoms with Crippen molar-refractivity contribution in [3.63, 3.8) is 0 Å². The average molecular weight is 462 g/mol. The maximum atomic E-state index is 12.6. The molecule has 1 aliphatic heterocycles. The maximum Gasteiger partial charge on any atom is 0.339 e. The van der Waals surface area contributed by atoms with Gasteiger partial charge in [0, 0.05) is 24.0 Å². The monoisotopic (exact) mass is 461 g/mol. The van der Waals surface area contributed by atoms with E-state index in [0.717, 1.165) is 11.1 Å². The Hall–Kier alpha value is -3.98. The van der Waals surface area contributed by atoms with Crippen molar-refractivity contribution in [2.75, 3.05) is 23.8 Å². The van der Waals surface area contributed by atoms with E-state index in [4.69, 9.17) is 4.74 Å². The van der Waals surface area contributed by atoms with Crippen LogP contribution in [-0.2, 0) is 10.3 Å². The van der Waals surface area contributed by atoms with Crippen LogP contribution in [0.5, 0.6) is 0 Å². The van der Waals surface area contributed by atoms with Gasteiger partial charge in [-0.2, -0.15) is 4.98 Å². The van der Waals surface area contributed by atoms with Gasteiger partial charge in [0.05, 0.1) is 18.2 Å². The molecule has 34 heavy (non-hydrogen) atoms. The van der Waals surface area contributed by atoms with Gasteiger partial charge in [-0.15, -0.1) is 0 Å². The van der Waals surface area contributed by atoms with Crippen LogP contribution in [0.3, 0.4) is 0 Å². The van der Waals surface area contributed by atoms with Gasteiger partial charge in [-0.25, -0.2) is 9.78 Å². The maximum absolute atomic E-state index is 12.6. The van der Waals surface area contributed by atoms with Gasteiger partial charge in [0.2, 0.25) is 5.95 Å². The van der Waals surface area contributed by atoms with Crippen LogP contribution in [0.25, 0.3) is 0 Å². The first-order chi connectivity index (χ1) is 16.3. The highest BCUT2D eigenvalue weighted by Gasteiger charge is 2.37. The number of ether oxygens (including phenoxy) is 1. The highest BCUT2D eigenvalue weighted by atomic mass is 16.6. The van der Waals surface area contributed by atoms with Crippen molar-refractivity contribution in [3.05, 3.63) is 77.0 Å². The van der Waals surface area contributed by atoms with E-state index in [1.807, 2.05) is 57.2 Å². The lowest BCUT2D eigenvalue weighted by molar-refractivity contribution is 0.00953. The predicted octanol–water partition coefficient (Wildman–Crippen LogP) is 3.52. The van der Waals surface area contributed by atoms with Crippen LogP contribution in [0.15, 0.2) is 54.7 Å². The molecular weight excluding hydrogens is 434 g/mol. The van der Waals surface area contributed by atoms with E-state index in [0.29, 0.717) is 17.8 Å². The number of amides is 1. The van der Waals surface area contributed by atoms with Crippen LogP contribution in [0, 0.1) is 0 Å². The Morgan fingerprint density at radius 3 is 2.65 bits per heavy atom. The fourth-order valence-electron chi connectivity index (χ4n) is 3.83. The molecule has 0 aliphatic carbocycles. The summed E-state index contributed by atoms with van der Waals surface area (Å²) < 4.78 is 5.43. The van der Waals surface area contributed by atoms with E-state index >= 15 is 0 Å². The molecule has 1 amide bonds. The predicted molar refractivity (Wildman–Crippen MR) is 128 cm³/mol. The number of carbonyl (C=O) groups is 2. The quantitative estimate of drug-likeness (QED) is 0.376. The number of aromatic nitrogens is 2. The number of benzene rings is 2. The van der Waals surface area contributed by atoms with Gasteiger partial charge in [0.1, 0.15) is 17.0 Å². The molecule has 1 aromatic heterocycles. The van der Waals surface area contributed by atoms with Crippen LogP contribution in [-0.4, -0.2) is 40.1 Å². The van der Waals surface area contributed by atoms with Gasteiger partial charge in [-0.1, -0.05) is 30.3 Å². The van der Waals surface area contributed by atoms with Crippen LogP contribution >= 0.6 is 0 Å². The number of anilines is 3. The Kier molecular flexibility index (Phi) is 6.47. The highest BCUT2D eigenvalue weighted by molar-refractivity contribution is 5.98. The zero-order valence-corrected chi connectivity index (χ0v) is 19.3. The lowest BCUT2D eigenvalue weighted by atomic mass is 9.95. The lowest BCUT2D eigenvalue weighted by Gasteiger charge is -2.20. The average Bonchev–Trinajstić information content (AvgIpc) is 3.06. The topological polar surface area (TPSA) is 125 Å². The zero-order valence-electron chi connectivity index (χ0n) is 19.3. The van der Waals surface area contributed by atoms with E-state index in [-0.39, 0.29) is 35.8 Å². The summed E-state index contributed by atoms with van der Waals surface area (Å²) in [4.78, 5) is 33.5. The number of cyclic esters (lactones) is 1. The van der Waals surface area contributed by atoms with E-state index in [1.165, 1.54) is 6.20 Å². The fraction of sp³-hybridized carbons (Fsp3) is 0.280. The van der Waals surface area contributed by atoms with Gasteiger partial charge in [0.25, 0.3) is 5.91 Å². The Morgan fingerprint density at radius 1 is 1.18 bits per heavy atom. The summed E-state index contributed by atoms with van der Waals surface area (Å²) >= 11 is 0. The molecule has 0 spiro atoms. The third-order valence-corrected chi connectivity index (χ3v) is 5.56. The van der Waals surface area contributed by atoms with Gasteiger partial charge in [-0.05, 0) is 44.5 Å². The lowest BCUT2D eigenvalue weighted by Crippen LogP contribution is -2.26. The van der Waals surface area contributed by atoms with Crippen LogP contribution in [0.1, 0.15) is 58.7 Å². The molecule has 1 aliphatic rings. The SMILES string of the molecule is CCNC(=O)c1cnc(Nc2ccc3c(c2)C(C)(C)OC3=O)nc1NC(CO)c1ccccc1. The molecule has 9 nitrogen and oxygen atoms in total. The summed E-state index contributed by atoms with van der Waals surface area (Å²) in [6, 6.07) is 14.2. The molecule has 0 bridgehead atoms. The summed E-state index contributed by atoms with van der Waals surface area (Å²) in [5.74, 6) is -0.137. The van der Waals surface area contributed by atoms with Gasteiger partial charge >= 0.3 is 5.97 Å². The molecule has 1 atom stereocenters. The molecule has 0 radical (unpaired) electrons. The molecule has 2 aromatic carbocycles. The van der Waals surface area contributed by atoms with Gasteiger partial charge < -0.3 is 25.8 Å². The number of nitrogens with zero attached hydrogens (tertiary/aromatic N) is 2. The van der Waals surface area contributed by atoms with Gasteiger partial charge in [0.15, 0.2) is 0 Å². The molecule has 1 unspecified atom stereocenters. The summed E-state index contributed by atoms with van der Waals surface area (Å²) in [7, 11) is 0. The van der Waals surface area contributed by atoms with E-state index in [2.05, 4.69) is 25.9 Å². The van der Waals surface area contributed by atoms with Crippen molar-refractivity contribution >= 4 is 29.3 Å². The standard InChI is InChI=1S/C25H27N5O4/c1-4-26-22(32)18-13-27-24(30-21(18)29-20(14-31)15-8-6-5-7-9-15)28-16-10-11-17-19(12-16)25(2,3)34-23(17)33/h5-13,20,31H,4,14H2,1-3H3,(H,26,32)(H2,27,28,29,30). The second-order valence-electron chi connectivity index (χ2n) is 8.39. The molecular formula is C25H27N5O4.